The maximum Gasteiger partial charge on any atom is 0.387 e. The van der Waals surface area contributed by atoms with E-state index in [1.165, 1.54) is 30.3 Å². The van der Waals surface area contributed by atoms with E-state index in [1.54, 1.807) is 19.2 Å². The van der Waals surface area contributed by atoms with E-state index in [1.807, 2.05) is 0 Å². The molecular weight excluding hydrogens is 390 g/mol. The zero-order valence-corrected chi connectivity index (χ0v) is 16.1. The first-order valence-electron chi connectivity index (χ1n) is 8.85. The van der Waals surface area contributed by atoms with E-state index in [-0.39, 0.29) is 22.3 Å². The number of benzene rings is 2. The highest BCUT2D eigenvalue weighted by Gasteiger charge is 2.23. The van der Waals surface area contributed by atoms with Gasteiger partial charge in [-0.3, -0.25) is 4.72 Å². The van der Waals surface area contributed by atoms with Crippen molar-refractivity contribution in [2.45, 2.75) is 30.3 Å². The first-order chi connectivity index (χ1) is 13.4. The number of alkyl halides is 2. The molecule has 2 aromatic rings. The van der Waals surface area contributed by atoms with Gasteiger partial charge in [-0.05, 0) is 67.4 Å². The van der Waals surface area contributed by atoms with Crippen molar-refractivity contribution in [3.8, 4) is 11.5 Å². The fourth-order valence-corrected chi connectivity index (χ4v) is 4.33. The summed E-state index contributed by atoms with van der Waals surface area (Å²) in [6.07, 6.45) is 1.96. The molecule has 0 bridgehead atoms. The fourth-order valence-electron chi connectivity index (χ4n) is 3.23. The number of nitrogens with one attached hydrogen (secondary N) is 2. The minimum atomic E-state index is -3.85. The van der Waals surface area contributed by atoms with Crippen molar-refractivity contribution in [1.29, 1.82) is 0 Å². The zero-order chi connectivity index (χ0) is 20.1. The Morgan fingerprint density at radius 3 is 2.54 bits per heavy atom. The standard InChI is InChI=1S/C19H22F2N2O4S/c1-26-18-9-8-16(11-17(18)13-3-2-10-22-12-13)28(24,25)23-14-4-6-15(7-5-14)27-19(20)21/h4-9,11,13,19,22-23H,2-3,10,12H2,1H3/t13-/m0/s1. The molecule has 2 aromatic carbocycles. The van der Waals surface area contributed by atoms with Crippen LogP contribution in [-0.4, -0.2) is 35.2 Å². The van der Waals surface area contributed by atoms with Crippen molar-refractivity contribution in [1.82, 2.24) is 5.32 Å². The number of halogens is 2. The molecule has 1 aliphatic rings. The van der Waals surface area contributed by atoms with Gasteiger partial charge in [-0.2, -0.15) is 8.78 Å². The van der Waals surface area contributed by atoms with Crippen LogP contribution in [0.4, 0.5) is 14.5 Å². The Morgan fingerprint density at radius 2 is 1.93 bits per heavy atom. The monoisotopic (exact) mass is 412 g/mol. The van der Waals surface area contributed by atoms with Crippen molar-refractivity contribution in [3.63, 3.8) is 0 Å². The van der Waals surface area contributed by atoms with E-state index < -0.39 is 16.6 Å². The number of rotatable bonds is 7. The van der Waals surface area contributed by atoms with Crippen LogP contribution in [0.15, 0.2) is 47.4 Å². The molecule has 1 saturated heterocycles. The molecular formula is C19H22F2N2O4S. The highest BCUT2D eigenvalue weighted by molar-refractivity contribution is 7.92. The molecule has 28 heavy (non-hydrogen) atoms. The van der Waals surface area contributed by atoms with Gasteiger partial charge in [0.2, 0.25) is 0 Å². The van der Waals surface area contributed by atoms with Crippen molar-refractivity contribution in [2.75, 3.05) is 24.9 Å². The molecule has 0 spiro atoms. The number of hydrogen-bond donors (Lipinski definition) is 2. The van der Waals surface area contributed by atoms with Crippen LogP contribution < -0.4 is 19.5 Å². The molecule has 1 aliphatic heterocycles. The third kappa shape index (κ3) is 4.90. The van der Waals surface area contributed by atoms with E-state index in [0.29, 0.717) is 5.75 Å². The van der Waals surface area contributed by atoms with Crippen LogP contribution in [0.25, 0.3) is 0 Å². The average molecular weight is 412 g/mol. The smallest absolute Gasteiger partial charge is 0.387 e. The lowest BCUT2D eigenvalue weighted by atomic mass is 9.91. The number of ether oxygens (including phenoxy) is 2. The highest BCUT2D eigenvalue weighted by atomic mass is 32.2. The molecule has 1 heterocycles. The summed E-state index contributed by atoms with van der Waals surface area (Å²) in [7, 11) is -2.29. The van der Waals surface area contributed by atoms with Gasteiger partial charge in [0.1, 0.15) is 11.5 Å². The largest absolute Gasteiger partial charge is 0.496 e. The zero-order valence-electron chi connectivity index (χ0n) is 15.3. The quantitative estimate of drug-likeness (QED) is 0.727. The average Bonchev–Trinajstić information content (AvgIpc) is 2.69. The predicted octanol–water partition coefficient (Wildman–Crippen LogP) is 3.56. The Balaban J connectivity index is 1.82. The normalized spacial score (nSPS) is 17.4. The molecule has 3 rings (SSSR count). The Morgan fingerprint density at radius 1 is 1.18 bits per heavy atom. The number of hydrogen-bond acceptors (Lipinski definition) is 5. The molecule has 0 radical (unpaired) electrons. The summed E-state index contributed by atoms with van der Waals surface area (Å²) in [5, 5.41) is 3.32. The van der Waals surface area contributed by atoms with Gasteiger partial charge in [-0.25, -0.2) is 8.42 Å². The molecule has 6 nitrogen and oxygen atoms in total. The SMILES string of the molecule is COc1ccc(S(=O)(=O)Nc2ccc(OC(F)F)cc2)cc1[C@H]1CCCNC1. The number of methoxy groups -OCH3 is 1. The molecule has 0 aromatic heterocycles. The summed E-state index contributed by atoms with van der Waals surface area (Å²) in [6.45, 7) is -1.22. The van der Waals surface area contributed by atoms with Gasteiger partial charge in [0.05, 0.1) is 12.0 Å². The van der Waals surface area contributed by atoms with Crippen molar-refractivity contribution in [2.24, 2.45) is 0 Å². The molecule has 0 unspecified atom stereocenters. The van der Waals surface area contributed by atoms with Gasteiger partial charge in [0, 0.05) is 18.2 Å². The van der Waals surface area contributed by atoms with Crippen LogP contribution in [0.2, 0.25) is 0 Å². The second kappa shape index (κ2) is 8.74. The summed E-state index contributed by atoms with van der Waals surface area (Å²) < 4.78 is 62.1. The first-order valence-corrected chi connectivity index (χ1v) is 10.3. The van der Waals surface area contributed by atoms with Gasteiger partial charge < -0.3 is 14.8 Å². The summed E-state index contributed by atoms with van der Waals surface area (Å²) in [5.74, 6) is 0.778. The Bertz CT molecular complexity index is 899. The van der Waals surface area contributed by atoms with Crippen molar-refractivity contribution < 1.29 is 26.7 Å². The predicted molar refractivity (Wildman–Crippen MR) is 102 cm³/mol. The lowest BCUT2D eigenvalue weighted by Crippen LogP contribution is -2.28. The summed E-state index contributed by atoms with van der Waals surface area (Å²) in [5.41, 5.74) is 1.09. The van der Waals surface area contributed by atoms with Crippen LogP contribution >= 0.6 is 0 Å². The molecule has 2 N–H and O–H groups in total. The second-order valence-corrected chi connectivity index (χ2v) is 8.14. The van der Waals surface area contributed by atoms with Gasteiger partial charge in [0.15, 0.2) is 0 Å². The lowest BCUT2D eigenvalue weighted by Gasteiger charge is -2.25. The Labute approximate surface area is 162 Å². The molecule has 0 saturated carbocycles. The second-order valence-electron chi connectivity index (χ2n) is 6.46. The summed E-state index contributed by atoms with van der Waals surface area (Å²) in [4.78, 5) is 0.113. The lowest BCUT2D eigenvalue weighted by molar-refractivity contribution is -0.0498. The van der Waals surface area contributed by atoms with Crippen LogP contribution in [0.3, 0.4) is 0 Å². The molecule has 9 heteroatoms. The topological polar surface area (TPSA) is 76.7 Å². The van der Waals surface area contributed by atoms with E-state index in [2.05, 4.69) is 14.8 Å². The third-order valence-electron chi connectivity index (χ3n) is 4.58. The van der Waals surface area contributed by atoms with E-state index in [9.17, 15) is 17.2 Å². The first kappa shape index (κ1) is 20.3. The number of sulfonamides is 1. The maximum absolute atomic E-state index is 12.8. The maximum atomic E-state index is 12.8. The third-order valence-corrected chi connectivity index (χ3v) is 5.96. The van der Waals surface area contributed by atoms with Crippen LogP contribution in [-0.2, 0) is 10.0 Å². The van der Waals surface area contributed by atoms with Gasteiger partial charge >= 0.3 is 6.61 Å². The minimum absolute atomic E-state index is 0.0468. The summed E-state index contributed by atoms with van der Waals surface area (Å²) in [6, 6.07) is 10.0. The minimum Gasteiger partial charge on any atom is -0.496 e. The molecule has 1 fully saturated rings. The molecule has 152 valence electrons. The Kier molecular flexibility index (Phi) is 6.35. The van der Waals surface area contributed by atoms with E-state index in [0.717, 1.165) is 31.5 Å². The van der Waals surface area contributed by atoms with Crippen LogP contribution in [0, 0.1) is 0 Å². The molecule has 0 aliphatic carbocycles. The van der Waals surface area contributed by atoms with Crippen LogP contribution in [0.5, 0.6) is 11.5 Å². The molecule has 1 atom stereocenters. The fraction of sp³-hybridized carbons (Fsp3) is 0.368. The van der Waals surface area contributed by atoms with E-state index in [4.69, 9.17) is 4.74 Å². The van der Waals surface area contributed by atoms with Gasteiger partial charge in [-0.1, -0.05) is 0 Å². The van der Waals surface area contributed by atoms with E-state index >= 15 is 0 Å². The number of anilines is 1. The van der Waals surface area contributed by atoms with Gasteiger partial charge in [-0.15, -0.1) is 0 Å². The number of piperidine rings is 1. The Hall–Kier alpha value is -2.39. The van der Waals surface area contributed by atoms with Crippen molar-refractivity contribution in [3.05, 3.63) is 48.0 Å². The van der Waals surface area contributed by atoms with Crippen molar-refractivity contribution >= 4 is 15.7 Å². The van der Waals surface area contributed by atoms with Gasteiger partial charge in [0.25, 0.3) is 10.0 Å². The highest BCUT2D eigenvalue weighted by Crippen LogP contribution is 2.33. The molecule has 0 amide bonds. The van der Waals surface area contributed by atoms with Crippen LogP contribution in [0.1, 0.15) is 24.3 Å². The summed E-state index contributed by atoms with van der Waals surface area (Å²) >= 11 is 0.